The molecule has 7 nitrogen and oxygen atoms in total. The normalized spacial score (nSPS) is 19.0. The number of pyridine rings is 1. The number of aryl methyl sites for hydroxylation is 1. The number of nitrogens with one attached hydrogen (secondary N) is 1. The molecule has 1 unspecified atom stereocenters. The van der Waals surface area contributed by atoms with Gasteiger partial charge in [0.2, 0.25) is 5.95 Å². The number of piperidine rings is 1. The molecule has 0 aromatic carbocycles. The number of rotatable bonds is 3. The summed E-state index contributed by atoms with van der Waals surface area (Å²) in [5.41, 5.74) is 6.45. The van der Waals surface area contributed by atoms with Crippen molar-refractivity contribution < 1.29 is 0 Å². The molecule has 2 aromatic rings. The van der Waals surface area contributed by atoms with Gasteiger partial charge in [-0.25, -0.2) is 0 Å². The average Bonchev–Trinajstić information content (AvgIpc) is 3.00. The van der Waals surface area contributed by atoms with Gasteiger partial charge in [-0.3, -0.25) is 9.89 Å². The number of nitrogens with two attached hydrogens (primary N) is 1. The summed E-state index contributed by atoms with van der Waals surface area (Å²) in [6.45, 7) is 2.54. The van der Waals surface area contributed by atoms with Crippen molar-refractivity contribution in [3.63, 3.8) is 0 Å². The minimum atomic E-state index is -0.0633. The first-order valence-electron chi connectivity index (χ1n) is 7.22. The van der Waals surface area contributed by atoms with Gasteiger partial charge in [-0.2, -0.15) is 4.98 Å². The fourth-order valence-electron chi connectivity index (χ4n) is 2.66. The van der Waals surface area contributed by atoms with E-state index in [1.807, 2.05) is 6.07 Å². The lowest BCUT2D eigenvalue weighted by Crippen LogP contribution is -2.38. The van der Waals surface area contributed by atoms with E-state index in [1.54, 1.807) is 19.3 Å². The van der Waals surface area contributed by atoms with Crippen LogP contribution in [0.2, 0.25) is 0 Å². The maximum atomic E-state index is 11.7. The van der Waals surface area contributed by atoms with Crippen molar-refractivity contribution >= 4 is 5.95 Å². The van der Waals surface area contributed by atoms with Crippen LogP contribution < -0.4 is 16.2 Å². The number of H-pyrrole nitrogens is 1. The lowest BCUT2D eigenvalue weighted by atomic mass is 9.99. The van der Waals surface area contributed by atoms with Crippen LogP contribution in [0.1, 0.15) is 12.8 Å². The Morgan fingerprint density at radius 1 is 1.52 bits per heavy atom. The second-order valence-corrected chi connectivity index (χ2v) is 5.54. The molecule has 21 heavy (non-hydrogen) atoms. The summed E-state index contributed by atoms with van der Waals surface area (Å²) >= 11 is 0. The molecule has 0 aliphatic carbocycles. The molecule has 3 rings (SSSR count). The molecule has 1 atom stereocenters. The van der Waals surface area contributed by atoms with Crippen LogP contribution >= 0.6 is 0 Å². The smallest absolute Gasteiger partial charge is 0.250 e. The summed E-state index contributed by atoms with van der Waals surface area (Å²) in [5, 5.41) is 7.19. The standard InChI is InChI=1S/C14H20N6O/c1-19-6-4-11(7-12(19)21)13-16-14(18-17-13)20-5-2-3-10(8-15)9-20/h4,6-7,10H,2-3,5,8-9,15H2,1H3,(H,16,17,18). The monoisotopic (exact) mass is 288 g/mol. The van der Waals surface area contributed by atoms with Crippen molar-refractivity contribution in [2.24, 2.45) is 18.7 Å². The first kappa shape index (κ1) is 13.8. The van der Waals surface area contributed by atoms with E-state index in [0.717, 1.165) is 25.1 Å². The molecule has 0 spiro atoms. The van der Waals surface area contributed by atoms with E-state index in [1.165, 1.54) is 11.0 Å². The molecule has 0 amide bonds. The van der Waals surface area contributed by atoms with E-state index in [-0.39, 0.29) is 5.56 Å². The van der Waals surface area contributed by atoms with Crippen LogP contribution in [0.25, 0.3) is 11.4 Å². The highest BCUT2D eigenvalue weighted by Gasteiger charge is 2.21. The number of hydrogen-bond acceptors (Lipinski definition) is 5. The maximum absolute atomic E-state index is 11.7. The Bertz CT molecular complexity index is 676. The van der Waals surface area contributed by atoms with E-state index < -0.39 is 0 Å². The van der Waals surface area contributed by atoms with Crippen LogP contribution in [0.15, 0.2) is 23.1 Å². The van der Waals surface area contributed by atoms with Gasteiger partial charge in [0.1, 0.15) is 0 Å². The zero-order chi connectivity index (χ0) is 14.8. The number of aromatic nitrogens is 4. The Morgan fingerprint density at radius 2 is 2.38 bits per heavy atom. The number of nitrogens with zero attached hydrogens (tertiary/aromatic N) is 4. The molecule has 1 saturated heterocycles. The van der Waals surface area contributed by atoms with Crippen LogP contribution in [0.5, 0.6) is 0 Å². The van der Waals surface area contributed by atoms with Crippen LogP contribution in [0, 0.1) is 5.92 Å². The van der Waals surface area contributed by atoms with Crippen molar-refractivity contribution in [2.75, 3.05) is 24.5 Å². The molecule has 1 fully saturated rings. The van der Waals surface area contributed by atoms with Crippen molar-refractivity contribution in [1.82, 2.24) is 19.7 Å². The highest BCUT2D eigenvalue weighted by Crippen LogP contribution is 2.21. The summed E-state index contributed by atoms with van der Waals surface area (Å²) in [5.74, 6) is 1.81. The van der Waals surface area contributed by atoms with Gasteiger partial charge >= 0.3 is 0 Å². The zero-order valence-electron chi connectivity index (χ0n) is 12.1. The zero-order valence-corrected chi connectivity index (χ0v) is 12.1. The largest absolute Gasteiger partial charge is 0.339 e. The van der Waals surface area contributed by atoms with Gasteiger partial charge < -0.3 is 15.2 Å². The van der Waals surface area contributed by atoms with Crippen molar-refractivity contribution in [1.29, 1.82) is 0 Å². The molecule has 1 aliphatic heterocycles. The maximum Gasteiger partial charge on any atom is 0.250 e. The predicted octanol–water partition coefficient (Wildman–Crippen LogP) is 0.346. The van der Waals surface area contributed by atoms with Gasteiger partial charge in [0.05, 0.1) is 0 Å². The second-order valence-electron chi connectivity index (χ2n) is 5.54. The van der Waals surface area contributed by atoms with Gasteiger partial charge in [-0.1, -0.05) is 0 Å². The summed E-state index contributed by atoms with van der Waals surface area (Å²) in [6, 6.07) is 3.41. The topological polar surface area (TPSA) is 92.8 Å². The van der Waals surface area contributed by atoms with Gasteiger partial charge in [-0.05, 0) is 31.4 Å². The lowest BCUT2D eigenvalue weighted by molar-refractivity contribution is 0.420. The van der Waals surface area contributed by atoms with Crippen molar-refractivity contribution in [3.8, 4) is 11.4 Å². The summed E-state index contributed by atoms with van der Waals surface area (Å²) < 4.78 is 1.53. The third-order valence-electron chi connectivity index (χ3n) is 3.99. The molecule has 2 aromatic heterocycles. The van der Waals surface area contributed by atoms with Gasteiger partial charge in [-0.15, -0.1) is 5.10 Å². The SMILES string of the molecule is Cn1ccc(-c2nc(N3CCCC(CN)C3)n[nH]2)cc1=O. The second kappa shape index (κ2) is 5.69. The quantitative estimate of drug-likeness (QED) is 0.850. The fourth-order valence-corrected chi connectivity index (χ4v) is 2.66. The highest BCUT2D eigenvalue weighted by molar-refractivity contribution is 5.55. The molecule has 0 bridgehead atoms. The summed E-state index contributed by atoms with van der Waals surface area (Å²) in [4.78, 5) is 18.3. The molecule has 3 heterocycles. The molecular formula is C14H20N6O. The van der Waals surface area contributed by atoms with E-state index >= 15 is 0 Å². The predicted molar refractivity (Wildman–Crippen MR) is 81.1 cm³/mol. The molecular weight excluding hydrogens is 268 g/mol. The van der Waals surface area contributed by atoms with Crippen molar-refractivity contribution in [3.05, 3.63) is 28.7 Å². The van der Waals surface area contributed by atoms with Crippen LogP contribution in [-0.4, -0.2) is 39.4 Å². The molecule has 7 heteroatoms. The lowest BCUT2D eigenvalue weighted by Gasteiger charge is -2.31. The molecule has 0 radical (unpaired) electrons. The van der Waals surface area contributed by atoms with E-state index in [2.05, 4.69) is 20.1 Å². The van der Waals surface area contributed by atoms with E-state index in [9.17, 15) is 4.79 Å². The van der Waals surface area contributed by atoms with Crippen LogP contribution in [0.3, 0.4) is 0 Å². The number of anilines is 1. The number of hydrogen-bond donors (Lipinski definition) is 2. The minimum absolute atomic E-state index is 0.0633. The Morgan fingerprint density at radius 3 is 3.14 bits per heavy atom. The van der Waals surface area contributed by atoms with Gasteiger partial charge in [0, 0.05) is 38.0 Å². The molecule has 1 aliphatic rings. The van der Waals surface area contributed by atoms with Crippen LogP contribution in [0.4, 0.5) is 5.95 Å². The molecule has 0 saturated carbocycles. The summed E-state index contributed by atoms with van der Waals surface area (Å²) in [6.07, 6.45) is 4.00. The van der Waals surface area contributed by atoms with Crippen molar-refractivity contribution in [2.45, 2.75) is 12.8 Å². The Hall–Kier alpha value is -2.15. The van der Waals surface area contributed by atoms with E-state index in [0.29, 0.717) is 24.2 Å². The molecule has 112 valence electrons. The first-order valence-corrected chi connectivity index (χ1v) is 7.22. The third kappa shape index (κ3) is 2.82. The van der Waals surface area contributed by atoms with Crippen LogP contribution in [-0.2, 0) is 7.05 Å². The fraction of sp³-hybridized carbons (Fsp3) is 0.500. The minimum Gasteiger partial charge on any atom is -0.339 e. The Labute approximate surface area is 122 Å². The third-order valence-corrected chi connectivity index (χ3v) is 3.99. The highest BCUT2D eigenvalue weighted by atomic mass is 16.1. The Balaban J connectivity index is 1.82. The average molecular weight is 288 g/mol. The van der Waals surface area contributed by atoms with Gasteiger partial charge in [0.15, 0.2) is 5.82 Å². The first-order chi connectivity index (χ1) is 10.2. The Kier molecular flexibility index (Phi) is 3.74. The van der Waals surface area contributed by atoms with E-state index in [4.69, 9.17) is 5.73 Å². The van der Waals surface area contributed by atoms with Gasteiger partial charge in [0.25, 0.3) is 5.56 Å². The molecule has 3 N–H and O–H groups in total. The summed E-state index contributed by atoms with van der Waals surface area (Å²) in [7, 11) is 1.72. The number of aromatic amines is 1.